The van der Waals surface area contributed by atoms with Crippen LogP contribution in [0.4, 0.5) is 5.69 Å². The molecule has 1 aliphatic heterocycles. The molecule has 150 valence electrons. The minimum absolute atomic E-state index is 0.0741. The molecule has 0 radical (unpaired) electrons. The van der Waals surface area contributed by atoms with Crippen LogP contribution in [-0.4, -0.2) is 41.2 Å². The van der Waals surface area contributed by atoms with Crippen LogP contribution in [0.15, 0.2) is 44.7 Å². The number of hydrogen-bond acceptors (Lipinski definition) is 6. The second-order valence-corrected chi connectivity index (χ2v) is 8.13. The fraction of sp³-hybridized carbons (Fsp3) is 0.105. The van der Waals surface area contributed by atoms with Gasteiger partial charge in [0.25, 0.3) is 5.91 Å². The Labute approximate surface area is 183 Å². The zero-order valence-electron chi connectivity index (χ0n) is 15.1. The largest absolute Gasteiger partial charge is 0.870 e. The molecular formula is C19H13BrClN2O5S-. The van der Waals surface area contributed by atoms with Crippen LogP contribution in [0.5, 0.6) is 11.5 Å². The van der Waals surface area contributed by atoms with Crippen molar-refractivity contribution in [2.24, 2.45) is 4.99 Å². The number of carboxylic acids is 1. The number of aliphatic imine (C=N–C) groups is 1. The van der Waals surface area contributed by atoms with E-state index in [1.165, 1.54) is 30.2 Å². The van der Waals surface area contributed by atoms with Crippen molar-refractivity contribution in [3.63, 3.8) is 0 Å². The topological polar surface area (TPSA) is 102 Å². The molecule has 7 nitrogen and oxygen atoms in total. The predicted octanol–water partition coefficient (Wildman–Crippen LogP) is 4.12. The highest BCUT2D eigenvalue weighted by Crippen LogP contribution is 2.37. The number of thioether (sulfide) groups is 1. The highest BCUT2D eigenvalue weighted by Gasteiger charge is 2.30. The number of rotatable bonds is 4. The summed E-state index contributed by atoms with van der Waals surface area (Å²) >= 11 is 10.3. The zero-order valence-corrected chi connectivity index (χ0v) is 18.3. The van der Waals surface area contributed by atoms with Crippen molar-refractivity contribution in [3.8, 4) is 11.5 Å². The molecule has 1 amide bonds. The molecule has 0 bridgehead atoms. The molecule has 0 aliphatic carbocycles. The Morgan fingerprint density at radius 3 is 2.76 bits per heavy atom. The molecule has 0 unspecified atom stereocenters. The lowest BCUT2D eigenvalue weighted by Gasteiger charge is -2.14. The highest BCUT2D eigenvalue weighted by molar-refractivity contribution is 9.10. The molecule has 3 rings (SSSR count). The lowest BCUT2D eigenvalue weighted by molar-refractivity contribution is -0.270. The standard InChI is InChI=1S/C19H14BrClN2O5S/c1-23-17(25)16(6-9-5-15(28-2)14(24)8-12(9)20)29-19(23)22-10-3-4-13(21)11(7-10)18(26)27/h3-8,24H,1-2H3,(H,26,27)/p-1/b16-6-,22-19?. The molecule has 2 aromatic carbocycles. The number of nitrogens with zero attached hydrogens (tertiary/aromatic N) is 2. The molecule has 0 saturated carbocycles. The maximum absolute atomic E-state index is 12.6. The quantitative estimate of drug-likeness (QED) is 0.639. The van der Waals surface area contributed by atoms with E-state index < -0.39 is 5.97 Å². The van der Waals surface area contributed by atoms with E-state index in [2.05, 4.69) is 20.9 Å². The summed E-state index contributed by atoms with van der Waals surface area (Å²) in [7, 11) is 2.96. The van der Waals surface area contributed by atoms with Crippen molar-refractivity contribution in [1.82, 2.24) is 4.90 Å². The second kappa shape index (κ2) is 8.48. The molecule has 2 aromatic rings. The van der Waals surface area contributed by atoms with Crippen LogP contribution < -0.4 is 9.84 Å². The van der Waals surface area contributed by atoms with Gasteiger partial charge in [0.05, 0.1) is 28.3 Å². The van der Waals surface area contributed by atoms with Gasteiger partial charge in [-0.05, 0) is 47.7 Å². The first kappa shape index (κ1) is 21.2. The van der Waals surface area contributed by atoms with E-state index in [1.807, 2.05) is 0 Å². The number of benzene rings is 2. The van der Waals surface area contributed by atoms with E-state index in [0.29, 0.717) is 25.8 Å². The summed E-state index contributed by atoms with van der Waals surface area (Å²) in [6, 6.07) is 7.26. The van der Waals surface area contributed by atoms with E-state index in [1.54, 1.807) is 25.3 Å². The third kappa shape index (κ3) is 4.42. The van der Waals surface area contributed by atoms with Gasteiger partial charge < -0.3 is 14.9 Å². The minimum atomic E-state index is -1.17. The van der Waals surface area contributed by atoms with Crippen molar-refractivity contribution in [2.45, 2.75) is 0 Å². The fourth-order valence-electron chi connectivity index (χ4n) is 2.47. The average Bonchev–Trinajstić information content (AvgIpc) is 2.93. The Kier molecular flexibility index (Phi) is 6.21. The van der Waals surface area contributed by atoms with Crippen LogP contribution in [0.1, 0.15) is 15.9 Å². The summed E-state index contributed by atoms with van der Waals surface area (Å²) in [5.41, 5.74) is 0.885. The monoisotopic (exact) mass is 495 g/mol. The maximum atomic E-state index is 12.6. The molecule has 29 heavy (non-hydrogen) atoms. The molecule has 0 atom stereocenters. The number of carboxylic acid groups (broad SMARTS) is 1. The van der Waals surface area contributed by atoms with Gasteiger partial charge in [-0.2, -0.15) is 0 Å². The Hall–Kier alpha value is -2.49. The number of hydrogen-bond donors (Lipinski definition) is 1. The molecule has 1 fully saturated rings. The summed E-state index contributed by atoms with van der Waals surface area (Å²) < 4.78 is 5.57. The number of carbonyl (C=O) groups is 2. The van der Waals surface area contributed by atoms with Crippen LogP contribution in [0, 0.1) is 0 Å². The summed E-state index contributed by atoms with van der Waals surface area (Å²) in [6.45, 7) is 0. The van der Waals surface area contributed by atoms with Crippen LogP contribution in [-0.2, 0) is 4.79 Å². The first-order valence-corrected chi connectivity index (χ1v) is 10.0. The van der Waals surface area contributed by atoms with E-state index >= 15 is 0 Å². The van der Waals surface area contributed by atoms with Crippen LogP contribution in [0.25, 0.3) is 6.08 Å². The lowest BCUT2D eigenvalue weighted by atomic mass is 10.2. The Balaban J connectivity index is 1.96. The van der Waals surface area contributed by atoms with Crippen molar-refractivity contribution in [2.75, 3.05) is 14.2 Å². The molecule has 1 aliphatic rings. The average molecular weight is 497 g/mol. The number of methoxy groups -OCH3 is 1. The van der Waals surface area contributed by atoms with Gasteiger partial charge in [0.1, 0.15) is 5.75 Å². The van der Waals surface area contributed by atoms with E-state index in [-0.39, 0.29) is 28.0 Å². The van der Waals surface area contributed by atoms with Gasteiger partial charge in [0, 0.05) is 11.5 Å². The minimum Gasteiger partial charge on any atom is -0.870 e. The highest BCUT2D eigenvalue weighted by atomic mass is 79.9. The van der Waals surface area contributed by atoms with E-state index in [9.17, 15) is 19.8 Å². The number of amidine groups is 1. The van der Waals surface area contributed by atoms with Gasteiger partial charge >= 0.3 is 5.97 Å². The number of ether oxygens (including phenoxy) is 1. The van der Waals surface area contributed by atoms with Crippen LogP contribution >= 0.6 is 39.3 Å². The molecule has 10 heteroatoms. The second-order valence-electron chi connectivity index (χ2n) is 5.86. The molecule has 1 heterocycles. The molecule has 1 N–H and O–H groups in total. The molecule has 0 aromatic heterocycles. The van der Waals surface area contributed by atoms with Gasteiger partial charge in [-0.3, -0.25) is 9.69 Å². The molecular weight excluding hydrogens is 484 g/mol. The summed E-state index contributed by atoms with van der Waals surface area (Å²) in [5.74, 6) is -1.55. The Morgan fingerprint density at radius 2 is 2.10 bits per heavy atom. The number of amides is 1. The van der Waals surface area contributed by atoms with Crippen LogP contribution in [0.2, 0.25) is 5.02 Å². The summed E-state index contributed by atoms with van der Waals surface area (Å²) in [6.07, 6.45) is 1.63. The number of aromatic carboxylic acids is 1. The van der Waals surface area contributed by atoms with E-state index in [0.717, 1.165) is 11.8 Å². The first-order valence-electron chi connectivity index (χ1n) is 8.05. The van der Waals surface area contributed by atoms with Gasteiger partial charge in [0.2, 0.25) is 0 Å². The van der Waals surface area contributed by atoms with Crippen LogP contribution in [0.3, 0.4) is 0 Å². The molecule has 0 spiro atoms. The number of carbonyl (C=O) groups excluding carboxylic acids is 1. The SMILES string of the molecule is COc1cc(/C=C2\SC(=Nc3ccc(Cl)c(C(=O)O)c3)N(C)C2=O)c(Br)cc1[O-]. The van der Waals surface area contributed by atoms with Gasteiger partial charge in [-0.15, -0.1) is 0 Å². The number of halogens is 2. The zero-order chi connectivity index (χ0) is 21.3. The fourth-order valence-corrected chi connectivity index (χ4v) is 4.08. The Bertz CT molecular complexity index is 1090. The van der Waals surface area contributed by atoms with Crippen molar-refractivity contribution in [1.29, 1.82) is 0 Å². The van der Waals surface area contributed by atoms with E-state index in [4.69, 9.17) is 16.3 Å². The molecule has 1 saturated heterocycles. The predicted molar refractivity (Wildman–Crippen MR) is 114 cm³/mol. The summed E-state index contributed by atoms with van der Waals surface area (Å²) in [5, 5.41) is 21.5. The lowest BCUT2D eigenvalue weighted by Crippen LogP contribution is -2.23. The normalized spacial score (nSPS) is 16.7. The van der Waals surface area contributed by atoms with Crippen molar-refractivity contribution >= 4 is 68.1 Å². The van der Waals surface area contributed by atoms with Gasteiger partial charge in [0.15, 0.2) is 5.17 Å². The first-order chi connectivity index (χ1) is 13.7. The van der Waals surface area contributed by atoms with Crippen molar-refractivity contribution < 1.29 is 24.5 Å². The number of likely N-dealkylation sites (N-methyl/N-ethyl adjacent to an activating group) is 1. The third-order valence-corrected chi connectivity index (χ3v) is 6.05. The van der Waals surface area contributed by atoms with Crippen molar-refractivity contribution in [3.05, 3.63) is 55.9 Å². The summed E-state index contributed by atoms with van der Waals surface area (Å²) in [4.78, 5) is 30.0. The van der Waals surface area contributed by atoms with Gasteiger partial charge in [-0.25, -0.2) is 9.79 Å². The maximum Gasteiger partial charge on any atom is 0.337 e. The Morgan fingerprint density at radius 1 is 1.38 bits per heavy atom. The van der Waals surface area contributed by atoms with Gasteiger partial charge in [-0.1, -0.05) is 39.3 Å². The third-order valence-electron chi connectivity index (χ3n) is 3.98. The smallest absolute Gasteiger partial charge is 0.337 e.